The van der Waals surface area contributed by atoms with Crippen LogP contribution in [0.1, 0.15) is 5.69 Å². The Balaban J connectivity index is 2.07. The highest BCUT2D eigenvalue weighted by Crippen LogP contribution is 2.43. The maximum absolute atomic E-state index is 14.0. The van der Waals surface area contributed by atoms with Crippen molar-refractivity contribution in [3.05, 3.63) is 90.1 Å². The lowest BCUT2D eigenvalue weighted by molar-refractivity contribution is -0.140. The minimum absolute atomic E-state index is 0.0133. The Hall–Kier alpha value is -3.53. The lowest BCUT2D eigenvalue weighted by Gasteiger charge is -2.12. The molecule has 0 radical (unpaired) electrons. The van der Waals surface area contributed by atoms with Crippen molar-refractivity contribution < 1.29 is 30.4 Å². The zero-order valence-corrected chi connectivity index (χ0v) is 17.8. The topological polar surface area (TPSA) is 52.0 Å². The second kappa shape index (κ2) is 8.11. The Morgan fingerprint density at radius 1 is 0.758 bits per heavy atom. The van der Waals surface area contributed by atoms with E-state index in [-0.39, 0.29) is 33.0 Å². The van der Waals surface area contributed by atoms with Crippen LogP contribution in [0.15, 0.2) is 77.7 Å². The number of halogens is 5. The van der Waals surface area contributed by atoms with E-state index in [1.54, 1.807) is 0 Å². The lowest BCUT2D eigenvalue weighted by Crippen LogP contribution is -2.08. The molecule has 4 rings (SSSR count). The zero-order valence-electron chi connectivity index (χ0n) is 16.9. The molecule has 0 atom stereocenters. The summed E-state index contributed by atoms with van der Waals surface area (Å²) in [5, 5.41) is 3.78. The third-order valence-corrected chi connectivity index (χ3v) is 6.04. The summed E-state index contributed by atoms with van der Waals surface area (Å²) >= 11 is 0. The molecular weight excluding hydrogens is 463 g/mol. The molecule has 0 aliphatic heterocycles. The Kier molecular flexibility index (Phi) is 5.57. The van der Waals surface area contributed by atoms with E-state index in [0.29, 0.717) is 0 Å². The van der Waals surface area contributed by atoms with Gasteiger partial charge in [0.15, 0.2) is 15.5 Å². The molecule has 4 nitrogen and oxygen atoms in total. The van der Waals surface area contributed by atoms with Crippen LogP contribution in [0.2, 0.25) is 0 Å². The van der Waals surface area contributed by atoms with Crippen LogP contribution in [0, 0.1) is 11.6 Å². The highest BCUT2D eigenvalue weighted by atomic mass is 32.2. The molecule has 0 amide bonds. The van der Waals surface area contributed by atoms with Crippen LogP contribution >= 0.6 is 0 Å². The molecular formula is C23H15F5N2O2S. The van der Waals surface area contributed by atoms with Crippen molar-refractivity contribution >= 4 is 9.84 Å². The molecule has 170 valence electrons. The molecule has 0 spiro atoms. The van der Waals surface area contributed by atoms with E-state index >= 15 is 0 Å². The summed E-state index contributed by atoms with van der Waals surface area (Å²) < 4.78 is 93.7. The Morgan fingerprint density at radius 2 is 1.24 bits per heavy atom. The SMILES string of the molecule is CS(=O)(=O)c1ccc(-c2c(-c3ccc(F)cc3)c(C(F)(F)F)nn2-c2ccc(F)cc2)cc1. The fourth-order valence-electron chi connectivity index (χ4n) is 3.40. The molecule has 4 aromatic rings. The maximum Gasteiger partial charge on any atom is 0.435 e. The second-order valence-corrected chi connectivity index (χ2v) is 9.28. The molecule has 10 heteroatoms. The minimum Gasteiger partial charge on any atom is -0.232 e. The molecule has 0 aliphatic carbocycles. The van der Waals surface area contributed by atoms with Crippen LogP contribution < -0.4 is 0 Å². The third-order valence-electron chi connectivity index (χ3n) is 4.91. The number of rotatable bonds is 4. The van der Waals surface area contributed by atoms with Crippen LogP contribution in [0.5, 0.6) is 0 Å². The predicted molar refractivity (Wildman–Crippen MR) is 112 cm³/mol. The van der Waals surface area contributed by atoms with Gasteiger partial charge >= 0.3 is 6.18 Å². The smallest absolute Gasteiger partial charge is 0.232 e. The first kappa shape index (κ1) is 22.7. The normalized spacial score (nSPS) is 12.2. The monoisotopic (exact) mass is 478 g/mol. The molecule has 0 saturated heterocycles. The summed E-state index contributed by atoms with van der Waals surface area (Å²) in [6, 6.07) is 14.4. The van der Waals surface area contributed by atoms with Gasteiger partial charge in [0.1, 0.15) is 11.6 Å². The quantitative estimate of drug-likeness (QED) is 0.343. The first-order valence-electron chi connectivity index (χ1n) is 9.48. The van der Waals surface area contributed by atoms with Crippen molar-refractivity contribution in [2.75, 3.05) is 6.26 Å². The Labute approximate surface area is 185 Å². The van der Waals surface area contributed by atoms with Crippen LogP contribution in [0.4, 0.5) is 22.0 Å². The number of hydrogen-bond donors (Lipinski definition) is 0. The van der Waals surface area contributed by atoms with Crippen molar-refractivity contribution in [3.63, 3.8) is 0 Å². The molecule has 0 bridgehead atoms. The molecule has 1 heterocycles. The van der Waals surface area contributed by atoms with Gasteiger partial charge in [-0.25, -0.2) is 21.9 Å². The lowest BCUT2D eigenvalue weighted by atomic mass is 9.98. The highest BCUT2D eigenvalue weighted by Gasteiger charge is 2.40. The van der Waals surface area contributed by atoms with E-state index in [1.807, 2.05) is 0 Å². The molecule has 33 heavy (non-hydrogen) atoms. The van der Waals surface area contributed by atoms with Crippen LogP contribution in [0.3, 0.4) is 0 Å². The Morgan fingerprint density at radius 3 is 1.73 bits per heavy atom. The van der Waals surface area contributed by atoms with Gasteiger partial charge in [-0.05, 0) is 54.1 Å². The van der Waals surface area contributed by atoms with E-state index in [2.05, 4.69) is 5.10 Å². The van der Waals surface area contributed by atoms with Gasteiger partial charge in [0.2, 0.25) is 0 Å². The van der Waals surface area contributed by atoms with Gasteiger partial charge < -0.3 is 0 Å². The number of benzene rings is 3. The number of aromatic nitrogens is 2. The second-order valence-electron chi connectivity index (χ2n) is 7.26. The minimum atomic E-state index is -4.86. The van der Waals surface area contributed by atoms with Gasteiger partial charge in [-0.3, -0.25) is 0 Å². The maximum atomic E-state index is 14.0. The summed E-state index contributed by atoms with van der Waals surface area (Å²) in [4.78, 5) is -0.0153. The molecule has 0 aliphatic rings. The molecule has 0 fully saturated rings. The average Bonchev–Trinajstić information content (AvgIpc) is 3.15. The molecule has 0 saturated carbocycles. The van der Waals surface area contributed by atoms with E-state index in [4.69, 9.17) is 0 Å². The van der Waals surface area contributed by atoms with Crippen LogP contribution in [0.25, 0.3) is 28.1 Å². The van der Waals surface area contributed by atoms with Crippen molar-refractivity contribution in [2.45, 2.75) is 11.1 Å². The van der Waals surface area contributed by atoms with Crippen LogP contribution in [-0.2, 0) is 16.0 Å². The standard InChI is InChI=1S/C23H15F5N2O2S/c1-33(31,32)19-12-4-15(5-13-19)21-20(14-2-6-16(24)7-3-14)22(23(26,27)28)29-30(21)18-10-8-17(25)9-11-18/h2-13H,1H3. The third kappa shape index (κ3) is 4.51. The summed E-state index contributed by atoms with van der Waals surface area (Å²) in [5.41, 5.74) is -1.12. The van der Waals surface area contributed by atoms with Crippen molar-refractivity contribution in [3.8, 4) is 28.1 Å². The zero-order chi connectivity index (χ0) is 24.0. The number of sulfone groups is 1. The van der Waals surface area contributed by atoms with Gasteiger partial charge in [-0.15, -0.1) is 0 Å². The molecule has 1 aromatic heterocycles. The average molecular weight is 478 g/mol. The number of hydrogen-bond acceptors (Lipinski definition) is 3. The fourth-order valence-corrected chi connectivity index (χ4v) is 4.03. The van der Waals surface area contributed by atoms with E-state index < -0.39 is 33.3 Å². The number of nitrogens with zero attached hydrogens (tertiary/aromatic N) is 2. The van der Waals surface area contributed by atoms with Crippen LogP contribution in [-0.4, -0.2) is 24.5 Å². The van der Waals surface area contributed by atoms with E-state index in [9.17, 15) is 30.4 Å². The van der Waals surface area contributed by atoms with Crippen molar-refractivity contribution in [2.24, 2.45) is 0 Å². The molecule has 0 unspecified atom stereocenters. The van der Waals surface area contributed by atoms with Gasteiger partial charge in [-0.2, -0.15) is 18.3 Å². The summed E-state index contributed by atoms with van der Waals surface area (Å²) in [5.74, 6) is -1.21. The predicted octanol–water partition coefficient (Wildman–Crippen LogP) is 5.91. The van der Waals surface area contributed by atoms with Gasteiger partial charge in [0.25, 0.3) is 0 Å². The van der Waals surface area contributed by atoms with Gasteiger partial charge in [-0.1, -0.05) is 24.3 Å². The molecule has 0 N–H and O–H groups in total. The fraction of sp³-hybridized carbons (Fsp3) is 0.0870. The number of alkyl halides is 3. The summed E-state index contributed by atoms with van der Waals surface area (Å²) in [7, 11) is -3.54. The van der Waals surface area contributed by atoms with Gasteiger partial charge in [0.05, 0.1) is 16.3 Å². The largest absolute Gasteiger partial charge is 0.435 e. The van der Waals surface area contributed by atoms with Crippen molar-refractivity contribution in [1.82, 2.24) is 9.78 Å². The van der Waals surface area contributed by atoms with E-state index in [1.165, 1.54) is 48.5 Å². The van der Waals surface area contributed by atoms with E-state index in [0.717, 1.165) is 35.2 Å². The highest BCUT2D eigenvalue weighted by molar-refractivity contribution is 7.90. The Bertz CT molecular complexity index is 1410. The van der Waals surface area contributed by atoms with Crippen molar-refractivity contribution in [1.29, 1.82) is 0 Å². The summed E-state index contributed by atoms with van der Waals surface area (Å²) in [6.07, 6.45) is -3.85. The first-order chi connectivity index (χ1) is 15.4. The first-order valence-corrected chi connectivity index (χ1v) is 11.4. The van der Waals surface area contributed by atoms with Gasteiger partial charge in [0, 0.05) is 17.4 Å². The summed E-state index contributed by atoms with van der Waals surface area (Å²) in [6.45, 7) is 0. The molecule has 3 aromatic carbocycles.